The van der Waals surface area contributed by atoms with E-state index in [1.807, 2.05) is 36.4 Å². The van der Waals surface area contributed by atoms with Crippen LogP contribution in [0.15, 0.2) is 36.4 Å². The molecule has 2 rings (SSSR count). The number of fused-ring (bicyclic) bond motifs is 1. The molecule has 174 valence electrons. The first kappa shape index (κ1) is 27.6. The van der Waals surface area contributed by atoms with E-state index >= 15 is 0 Å². The van der Waals surface area contributed by atoms with Crippen molar-refractivity contribution in [1.29, 1.82) is 0 Å². The summed E-state index contributed by atoms with van der Waals surface area (Å²) in [5.74, 6) is 0.697. The SMILES string of the molecule is CCCCCCCCCCCC[N+](C)(C)CCOc1ccc2ccccc2c1C=O.[Br-]. The maximum atomic E-state index is 11.6. The van der Waals surface area contributed by atoms with Crippen LogP contribution in [0.5, 0.6) is 5.75 Å². The standard InChI is InChI=1S/C27H42NO2.BrH/c1-4-5-6-7-8-9-10-11-12-15-20-28(2,3)21-22-30-27-19-18-24-16-13-14-17-25(24)26(27)23-29;/h13-14,16-19,23H,4-12,15,20-22H2,1-3H3;1H/q+1;/p-1. The summed E-state index contributed by atoms with van der Waals surface area (Å²) in [5.41, 5.74) is 0.660. The number of nitrogens with zero attached hydrogens (tertiary/aromatic N) is 1. The van der Waals surface area contributed by atoms with Gasteiger partial charge in [-0.1, -0.05) is 88.6 Å². The fourth-order valence-corrected chi connectivity index (χ4v) is 4.06. The molecule has 0 amide bonds. The molecule has 0 saturated carbocycles. The monoisotopic (exact) mass is 491 g/mol. The summed E-state index contributed by atoms with van der Waals surface area (Å²) in [6.07, 6.45) is 14.7. The summed E-state index contributed by atoms with van der Waals surface area (Å²) in [7, 11) is 4.55. The normalized spacial score (nSPS) is 11.3. The number of hydrogen-bond donors (Lipinski definition) is 0. The van der Waals surface area contributed by atoms with Crippen LogP contribution < -0.4 is 21.7 Å². The predicted molar refractivity (Wildman–Crippen MR) is 129 cm³/mol. The summed E-state index contributed by atoms with van der Waals surface area (Å²) in [6.45, 7) is 5.03. The number of likely N-dealkylation sites (N-methyl/N-ethyl adjacent to an activating group) is 1. The van der Waals surface area contributed by atoms with Crippen LogP contribution in [0.1, 0.15) is 81.5 Å². The average Bonchev–Trinajstić information content (AvgIpc) is 2.74. The largest absolute Gasteiger partial charge is 1.00 e. The first-order valence-electron chi connectivity index (χ1n) is 12.0. The number of unbranched alkanes of at least 4 members (excludes halogenated alkanes) is 9. The highest BCUT2D eigenvalue weighted by Crippen LogP contribution is 2.26. The van der Waals surface area contributed by atoms with E-state index in [2.05, 4.69) is 21.0 Å². The van der Waals surface area contributed by atoms with Gasteiger partial charge in [0.1, 0.15) is 18.9 Å². The van der Waals surface area contributed by atoms with Gasteiger partial charge >= 0.3 is 0 Å². The number of aldehydes is 1. The van der Waals surface area contributed by atoms with E-state index in [-0.39, 0.29) is 17.0 Å². The van der Waals surface area contributed by atoms with Gasteiger partial charge < -0.3 is 26.2 Å². The van der Waals surface area contributed by atoms with Crippen molar-refractivity contribution in [3.8, 4) is 5.75 Å². The molecule has 0 aromatic heterocycles. The van der Waals surface area contributed by atoms with Crippen molar-refractivity contribution in [2.75, 3.05) is 33.8 Å². The summed E-state index contributed by atoms with van der Waals surface area (Å²) < 4.78 is 6.98. The molecular formula is C27H42BrNO2. The zero-order valence-electron chi connectivity index (χ0n) is 19.9. The molecule has 0 bridgehead atoms. The number of rotatable bonds is 16. The van der Waals surface area contributed by atoms with Crippen LogP contribution in [0.4, 0.5) is 0 Å². The lowest BCUT2D eigenvalue weighted by molar-refractivity contribution is -0.890. The Balaban J connectivity index is 0.00000480. The zero-order chi connectivity index (χ0) is 21.7. The van der Waals surface area contributed by atoms with E-state index in [1.54, 1.807) is 0 Å². The van der Waals surface area contributed by atoms with Gasteiger partial charge in [-0.2, -0.15) is 0 Å². The van der Waals surface area contributed by atoms with Gasteiger partial charge in [-0.15, -0.1) is 0 Å². The Morgan fingerprint density at radius 2 is 1.42 bits per heavy atom. The summed E-state index contributed by atoms with van der Waals surface area (Å²) in [5, 5.41) is 2.04. The number of benzene rings is 2. The molecule has 0 spiro atoms. The Bertz CT molecular complexity index is 760. The molecule has 0 unspecified atom stereocenters. The van der Waals surface area contributed by atoms with Gasteiger partial charge in [-0.05, 0) is 29.7 Å². The molecule has 0 aliphatic heterocycles. The van der Waals surface area contributed by atoms with Crippen LogP contribution in [0.3, 0.4) is 0 Å². The van der Waals surface area contributed by atoms with Crippen LogP contribution in [0.2, 0.25) is 0 Å². The molecule has 0 heterocycles. The van der Waals surface area contributed by atoms with Crippen LogP contribution in [-0.4, -0.2) is 44.6 Å². The second-order valence-electron chi connectivity index (χ2n) is 9.23. The molecule has 0 aliphatic carbocycles. The Morgan fingerprint density at radius 3 is 2.06 bits per heavy atom. The van der Waals surface area contributed by atoms with E-state index in [1.165, 1.54) is 70.8 Å². The fourth-order valence-electron chi connectivity index (χ4n) is 4.06. The first-order chi connectivity index (χ1) is 14.6. The van der Waals surface area contributed by atoms with E-state index in [0.29, 0.717) is 17.9 Å². The number of carbonyl (C=O) groups excluding carboxylic acids is 1. The molecule has 0 N–H and O–H groups in total. The van der Waals surface area contributed by atoms with Gasteiger partial charge in [0.25, 0.3) is 0 Å². The molecule has 0 atom stereocenters. The molecule has 2 aromatic carbocycles. The van der Waals surface area contributed by atoms with Gasteiger partial charge in [-0.25, -0.2) is 0 Å². The third kappa shape index (κ3) is 10.2. The number of carbonyl (C=O) groups is 1. The maximum Gasteiger partial charge on any atom is 0.154 e. The van der Waals surface area contributed by atoms with Crippen molar-refractivity contribution in [3.05, 3.63) is 42.0 Å². The van der Waals surface area contributed by atoms with Crippen molar-refractivity contribution in [2.24, 2.45) is 0 Å². The molecule has 2 aromatic rings. The predicted octanol–water partition coefficient (Wildman–Crippen LogP) is 4.03. The lowest BCUT2D eigenvalue weighted by atomic mass is 10.0. The number of quaternary nitrogens is 1. The number of halogens is 1. The Labute approximate surface area is 200 Å². The van der Waals surface area contributed by atoms with Crippen LogP contribution in [0.25, 0.3) is 10.8 Å². The van der Waals surface area contributed by atoms with E-state index in [4.69, 9.17) is 4.74 Å². The van der Waals surface area contributed by atoms with Crippen LogP contribution in [0, 0.1) is 0 Å². The van der Waals surface area contributed by atoms with Gasteiger partial charge in [0.2, 0.25) is 0 Å². The molecule has 0 radical (unpaired) electrons. The average molecular weight is 493 g/mol. The minimum Gasteiger partial charge on any atom is -1.00 e. The van der Waals surface area contributed by atoms with Gasteiger partial charge in [0.05, 0.1) is 26.2 Å². The van der Waals surface area contributed by atoms with Crippen molar-refractivity contribution >= 4 is 17.1 Å². The lowest BCUT2D eigenvalue weighted by Crippen LogP contribution is -3.00. The first-order valence-corrected chi connectivity index (χ1v) is 12.0. The lowest BCUT2D eigenvalue weighted by Gasteiger charge is -2.29. The Hall–Kier alpha value is -1.39. The van der Waals surface area contributed by atoms with Gasteiger partial charge in [0.15, 0.2) is 6.29 Å². The third-order valence-electron chi connectivity index (χ3n) is 6.12. The Kier molecular flexibility index (Phi) is 13.7. The highest BCUT2D eigenvalue weighted by atomic mass is 79.9. The van der Waals surface area contributed by atoms with Gasteiger partial charge in [-0.3, -0.25) is 4.79 Å². The molecule has 0 fully saturated rings. The van der Waals surface area contributed by atoms with Crippen molar-refractivity contribution in [1.82, 2.24) is 0 Å². The summed E-state index contributed by atoms with van der Waals surface area (Å²) >= 11 is 0. The summed E-state index contributed by atoms with van der Waals surface area (Å²) in [6, 6.07) is 11.9. The molecule has 4 heteroatoms. The van der Waals surface area contributed by atoms with Crippen molar-refractivity contribution in [3.63, 3.8) is 0 Å². The van der Waals surface area contributed by atoms with Crippen molar-refractivity contribution in [2.45, 2.75) is 71.1 Å². The third-order valence-corrected chi connectivity index (χ3v) is 6.12. The van der Waals surface area contributed by atoms with Crippen molar-refractivity contribution < 1.29 is 31.0 Å². The minimum atomic E-state index is 0. The molecular weight excluding hydrogens is 450 g/mol. The van der Waals surface area contributed by atoms with E-state index in [0.717, 1.165) is 28.1 Å². The highest BCUT2D eigenvalue weighted by molar-refractivity contribution is 6.00. The smallest absolute Gasteiger partial charge is 0.154 e. The Morgan fingerprint density at radius 1 is 0.806 bits per heavy atom. The second kappa shape index (κ2) is 15.4. The van der Waals surface area contributed by atoms with Gasteiger partial charge in [0, 0.05) is 0 Å². The fraction of sp³-hybridized carbons (Fsp3) is 0.593. The maximum absolute atomic E-state index is 11.6. The number of hydrogen-bond acceptors (Lipinski definition) is 2. The zero-order valence-corrected chi connectivity index (χ0v) is 21.5. The topological polar surface area (TPSA) is 26.3 Å². The van der Waals surface area contributed by atoms with Crippen LogP contribution in [-0.2, 0) is 0 Å². The molecule has 0 saturated heterocycles. The van der Waals surface area contributed by atoms with E-state index in [9.17, 15) is 4.79 Å². The second-order valence-corrected chi connectivity index (χ2v) is 9.23. The molecule has 31 heavy (non-hydrogen) atoms. The quantitative estimate of drug-likeness (QED) is 0.201. The summed E-state index contributed by atoms with van der Waals surface area (Å²) in [4.78, 5) is 11.6. The number of ether oxygens (including phenoxy) is 1. The molecule has 3 nitrogen and oxygen atoms in total. The molecule has 0 aliphatic rings. The van der Waals surface area contributed by atoms with Crippen LogP contribution >= 0.6 is 0 Å². The highest BCUT2D eigenvalue weighted by Gasteiger charge is 2.15. The minimum absolute atomic E-state index is 0. The van der Waals surface area contributed by atoms with E-state index < -0.39 is 0 Å².